The van der Waals surface area contributed by atoms with Crippen LogP contribution in [0, 0.1) is 0 Å². The van der Waals surface area contributed by atoms with E-state index in [1.807, 2.05) is 0 Å². The molecule has 1 aromatic rings. The van der Waals surface area contributed by atoms with E-state index in [1.54, 1.807) is 0 Å². The molecule has 0 saturated heterocycles. The molecule has 0 aromatic heterocycles. The zero-order valence-corrected chi connectivity index (χ0v) is 12.7. The molecule has 2 heteroatoms. The molecule has 106 valence electrons. The quantitative estimate of drug-likeness (QED) is 0.827. The first-order valence-electron chi connectivity index (χ1n) is 7.86. The Morgan fingerprint density at radius 3 is 2.32 bits per heavy atom. The zero-order chi connectivity index (χ0) is 13.7. The van der Waals surface area contributed by atoms with Gasteiger partial charge >= 0.3 is 0 Å². The summed E-state index contributed by atoms with van der Waals surface area (Å²) in [6.07, 6.45) is 5.53. The monoisotopic (exact) mass is 260 g/mol. The molecule has 1 N–H and O–H groups in total. The molecule has 0 heterocycles. The Bertz CT molecular complexity index is 365. The van der Waals surface area contributed by atoms with Crippen LogP contribution in [0.4, 0.5) is 5.69 Å². The van der Waals surface area contributed by atoms with Crippen molar-refractivity contribution in [3.63, 3.8) is 0 Å². The van der Waals surface area contributed by atoms with Crippen molar-refractivity contribution < 1.29 is 0 Å². The van der Waals surface area contributed by atoms with Crippen molar-refractivity contribution in [2.45, 2.75) is 58.5 Å². The van der Waals surface area contributed by atoms with E-state index in [9.17, 15) is 0 Å². The van der Waals surface area contributed by atoms with Crippen molar-refractivity contribution in [3.8, 4) is 0 Å². The van der Waals surface area contributed by atoms with Gasteiger partial charge in [0.05, 0.1) is 0 Å². The SMILES string of the molecule is CCNC(C)c1ccc(N(CC)C2CCCC2)cc1. The number of nitrogens with one attached hydrogen (secondary N) is 1. The third kappa shape index (κ3) is 3.50. The molecule has 0 aliphatic heterocycles. The van der Waals surface area contributed by atoms with Gasteiger partial charge in [-0.25, -0.2) is 0 Å². The third-order valence-electron chi connectivity index (χ3n) is 4.34. The molecular formula is C17H28N2. The lowest BCUT2D eigenvalue weighted by Crippen LogP contribution is -2.32. The van der Waals surface area contributed by atoms with Crippen LogP contribution >= 0.6 is 0 Å². The molecular weight excluding hydrogens is 232 g/mol. The molecule has 19 heavy (non-hydrogen) atoms. The second-order valence-electron chi connectivity index (χ2n) is 5.60. The fraction of sp³-hybridized carbons (Fsp3) is 0.647. The first kappa shape index (κ1) is 14.4. The second kappa shape index (κ2) is 6.95. The topological polar surface area (TPSA) is 15.3 Å². The van der Waals surface area contributed by atoms with Crippen LogP contribution in [-0.2, 0) is 0 Å². The van der Waals surface area contributed by atoms with Crippen LogP contribution in [0.5, 0.6) is 0 Å². The number of hydrogen-bond acceptors (Lipinski definition) is 2. The predicted molar refractivity (Wildman–Crippen MR) is 83.8 cm³/mol. The molecule has 0 amide bonds. The molecule has 0 spiro atoms. The van der Waals surface area contributed by atoms with Gasteiger partial charge in [-0.3, -0.25) is 0 Å². The summed E-state index contributed by atoms with van der Waals surface area (Å²) in [4.78, 5) is 2.58. The summed E-state index contributed by atoms with van der Waals surface area (Å²) >= 11 is 0. The van der Waals surface area contributed by atoms with Gasteiger partial charge in [0.25, 0.3) is 0 Å². The smallest absolute Gasteiger partial charge is 0.0368 e. The number of rotatable bonds is 6. The van der Waals surface area contributed by atoms with Crippen molar-refractivity contribution in [2.24, 2.45) is 0 Å². The number of hydrogen-bond donors (Lipinski definition) is 1. The molecule has 1 aromatic carbocycles. The van der Waals surface area contributed by atoms with Crippen molar-refractivity contribution in [2.75, 3.05) is 18.0 Å². The van der Waals surface area contributed by atoms with Gasteiger partial charge in [-0.1, -0.05) is 31.9 Å². The maximum absolute atomic E-state index is 3.47. The number of benzene rings is 1. The fourth-order valence-corrected chi connectivity index (χ4v) is 3.25. The standard InChI is InChI=1S/C17H28N2/c1-4-18-14(3)15-10-12-17(13-11-15)19(5-2)16-8-6-7-9-16/h10-14,16,18H,4-9H2,1-3H3. The molecule has 1 aliphatic carbocycles. The molecule has 2 nitrogen and oxygen atoms in total. The summed E-state index contributed by atoms with van der Waals surface area (Å²) in [6.45, 7) is 8.79. The van der Waals surface area contributed by atoms with Crippen molar-refractivity contribution in [3.05, 3.63) is 29.8 Å². The van der Waals surface area contributed by atoms with Crippen LogP contribution in [0.3, 0.4) is 0 Å². The zero-order valence-electron chi connectivity index (χ0n) is 12.7. The highest BCUT2D eigenvalue weighted by Gasteiger charge is 2.21. The van der Waals surface area contributed by atoms with Crippen LogP contribution in [-0.4, -0.2) is 19.1 Å². The van der Waals surface area contributed by atoms with Crippen LogP contribution in [0.2, 0.25) is 0 Å². The molecule has 1 aliphatic rings. The largest absolute Gasteiger partial charge is 0.369 e. The van der Waals surface area contributed by atoms with Gasteiger partial charge in [0.1, 0.15) is 0 Å². The molecule has 0 bridgehead atoms. The Hall–Kier alpha value is -1.02. The van der Waals surface area contributed by atoms with E-state index in [0.717, 1.165) is 19.1 Å². The summed E-state index contributed by atoms with van der Waals surface area (Å²) in [5, 5.41) is 3.47. The Kier molecular flexibility index (Phi) is 5.26. The number of anilines is 1. The Morgan fingerprint density at radius 1 is 1.16 bits per heavy atom. The first-order chi connectivity index (χ1) is 9.26. The molecule has 1 unspecified atom stereocenters. The predicted octanol–water partition coefficient (Wildman–Crippen LogP) is 4.13. The number of nitrogens with zero attached hydrogens (tertiary/aromatic N) is 1. The van der Waals surface area contributed by atoms with Crippen LogP contribution in [0.1, 0.15) is 58.1 Å². The van der Waals surface area contributed by atoms with E-state index >= 15 is 0 Å². The molecule has 0 radical (unpaired) electrons. The average Bonchev–Trinajstić information content (AvgIpc) is 2.95. The Morgan fingerprint density at radius 2 is 1.79 bits per heavy atom. The van der Waals surface area contributed by atoms with Crippen molar-refractivity contribution >= 4 is 5.69 Å². The summed E-state index contributed by atoms with van der Waals surface area (Å²) in [7, 11) is 0. The maximum atomic E-state index is 3.47. The van der Waals surface area contributed by atoms with Crippen molar-refractivity contribution in [1.82, 2.24) is 5.32 Å². The highest BCUT2D eigenvalue weighted by molar-refractivity contribution is 5.49. The van der Waals surface area contributed by atoms with Gasteiger partial charge in [-0.05, 0) is 50.9 Å². The summed E-state index contributed by atoms with van der Waals surface area (Å²) in [6, 6.07) is 10.4. The minimum atomic E-state index is 0.445. The Balaban J connectivity index is 2.07. The minimum absolute atomic E-state index is 0.445. The fourth-order valence-electron chi connectivity index (χ4n) is 3.25. The highest BCUT2D eigenvalue weighted by atomic mass is 15.2. The van der Waals surface area contributed by atoms with E-state index in [0.29, 0.717) is 6.04 Å². The van der Waals surface area contributed by atoms with E-state index in [2.05, 4.69) is 55.3 Å². The van der Waals surface area contributed by atoms with Gasteiger partial charge in [-0.15, -0.1) is 0 Å². The minimum Gasteiger partial charge on any atom is -0.369 e. The van der Waals surface area contributed by atoms with Gasteiger partial charge in [-0.2, -0.15) is 0 Å². The van der Waals surface area contributed by atoms with E-state index in [1.165, 1.54) is 36.9 Å². The lowest BCUT2D eigenvalue weighted by molar-refractivity contribution is 0.597. The van der Waals surface area contributed by atoms with Gasteiger partial charge < -0.3 is 10.2 Å². The Labute approximate surface area is 118 Å². The van der Waals surface area contributed by atoms with E-state index in [4.69, 9.17) is 0 Å². The van der Waals surface area contributed by atoms with E-state index < -0.39 is 0 Å². The third-order valence-corrected chi connectivity index (χ3v) is 4.34. The lowest BCUT2D eigenvalue weighted by Gasteiger charge is -2.30. The van der Waals surface area contributed by atoms with Crippen LogP contribution in [0.15, 0.2) is 24.3 Å². The lowest BCUT2D eigenvalue weighted by atomic mass is 10.1. The molecule has 1 saturated carbocycles. The molecule has 1 atom stereocenters. The van der Waals surface area contributed by atoms with Crippen molar-refractivity contribution in [1.29, 1.82) is 0 Å². The normalized spacial score (nSPS) is 17.6. The van der Waals surface area contributed by atoms with E-state index in [-0.39, 0.29) is 0 Å². The first-order valence-corrected chi connectivity index (χ1v) is 7.86. The maximum Gasteiger partial charge on any atom is 0.0368 e. The van der Waals surface area contributed by atoms with Gasteiger partial charge in [0, 0.05) is 24.3 Å². The summed E-state index contributed by atoms with van der Waals surface area (Å²) in [5.41, 5.74) is 2.77. The summed E-state index contributed by atoms with van der Waals surface area (Å²) < 4.78 is 0. The summed E-state index contributed by atoms with van der Waals surface area (Å²) in [5.74, 6) is 0. The molecule has 1 fully saturated rings. The van der Waals surface area contributed by atoms with Gasteiger partial charge in [0.15, 0.2) is 0 Å². The average molecular weight is 260 g/mol. The molecule has 2 rings (SSSR count). The second-order valence-corrected chi connectivity index (χ2v) is 5.60. The van der Waals surface area contributed by atoms with Crippen LogP contribution in [0.25, 0.3) is 0 Å². The highest BCUT2D eigenvalue weighted by Crippen LogP contribution is 2.28. The van der Waals surface area contributed by atoms with Crippen LogP contribution < -0.4 is 10.2 Å². The van der Waals surface area contributed by atoms with Gasteiger partial charge in [0.2, 0.25) is 0 Å².